The van der Waals surface area contributed by atoms with Crippen LogP contribution in [0.15, 0.2) is 89.0 Å². The van der Waals surface area contributed by atoms with Gasteiger partial charge < -0.3 is 15.2 Å². The van der Waals surface area contributed by atoms with E-state index in [-0.39, 0.29) is 71.6 Å². The minimum atomic E-state index is -1.26. The van der Waals surface area contributed by atoms with Gasteiger partial charge >= 0.3 is 5.97 Å². The molecule has 0 fully saturated rings. The van der Waals surface area contributed by atoms with Crippen LogP contribution in [0.25, 0.3) is 11.8 Å². The van der Waals surface area contributed by atoms with Gasteiger partial charge in [0.05, 0.1) is 45.1 Å². The van der Waals surface area contributed by atoms with Gasteiger partial charge in [-0.2, -0.15) is 0 Å². The van der Waals surface area contributed by atoms with Crippen molar-refractivity contribution < 1.29 is 33.8 Å². The summed E-state index contributed by atoms with van der Waals surface area (Å²) in [5.41, 5.74) is -0.495. The smallest absolute Gasteiger partial charge is 0.335 e. The Morgan fingerprint density at radius 1 is 0.896 bits per heavy atom. The molecule has 3 N–H and O–H groups in total. The number of hydrogen-bond acceptors (Lipinski definition) is 7. The van der Waals surface area contributed by atoms with Crippen molar-refractivity contribution in [1.29, 1.82) is 0 Å². The Morgan fingerprint density at radius 2 is 1.60 bits per heavy atom. The van der Waals surface area contributed by atoms with Crippen LogP contribution in [0.3, 0.4) is 0 Å². The van der Waals surface area contributed by atoms with Gasteiger partial charge in [0.15, 0.2) is 5.76 Å². The van der Waals surface area contributed by atoms with Crippen molar-refractivity contribution in [3.8, 4) is 5.69 Å². The molecular weight excluding hydrogens is 687 g/mol. The van der Waals surface area contributed by atoms with Crippen molar-refractivity contribution >= 4 is 81.9 Å². The zero-order valence-corrected chi connectivity index (χ0v) is 26.6. The monoisotopic (exact) mass is 704 g/mol. The highest BCUT2D eigenvalue weighted by molar-refractivity contribution is 6.40. The summed E-state index contributed by atoms with van der Waals surface area (Å²) in [6.45, 7) is 0. The molecule has 3 aromatic carbocycles. The van der Waals surface area contributed by atoms with E-state index in [0.29, 0.717) is 5.57 Å². The molecule has 0 spiro atoms. The fourth-order valence-corrected chi connectivity index (χ4v) is 6.09. The number of methoxy groups -OCH3 is 1. The van der Waals surface area contributed by atoms with Crippen LogP contribution >= 0.6 is 34.8 Å². The number of carbonyl (C=O) groups is 5. The van der Waals surface area contributed by atoms with Crippen LogP contribution in [0.4, 0.5) is 11.5 Å². The van der Waals surface area contributed by atoms with E-state index in [1.54, 1.807) is 0 Å². The van der Waals surface area contributed by atoms with E-state index in [1.165, 1.54) is 79.9 Å². The van der Waals surface area contributed by atoms with E-state index in [2.05, 4.69) is 10.4 Å². The summed E-state index contributed by atoms with van der Waals surface area (Å²) >= 11 is 18.9. The highest BCUT2D eigenvalue weighted by atomic mass is 35.5. The number of allylic oxidation sites excluding steroid dienone is 4. The Morgan fingerprint density at radius 3 is 2.29 bits per heavy atom. The van der Waals surface area contributed by atoms with E-state index in [0.717, 1.165) is 15.6 Å². The minimum absolute atomic E-state index is 0.00485. The molecule has 3 amide bonds. The summed E-state index contributed by atoms with van der Waals surface area (Å²) in [6, 6.07) is 11.9. The van der Waals surface area contributed by atoms with Gasteiger partial charge in [0.1, 0.15) is 11.5 Å². The number of nitrogens with zero attached hydrogens (tertiary/aromatic N) is 2. The van der Waals surface area contributed by atoms with E-state index >= 15 is 0 Å². The van der Waals surface area contributed by atoms with Crippen LogP contribution < -0.4 is 15.8 Å². The summed E-state index contributed by atoms with van der Waals surface area (Å²) in [5.74, 6) is -3.91. The number of imide groups is 1. The number of benzene rings is 3. The number of ether oxygens (including phenoxy) is 1. The molecule has 1 aromatic heterocycles. The number of carboxylic acids is 1. The number of aromatic carboxylic acids is 1. The van der Waals surface area contributed by atoms with Gasteiger partial charge in [-0.3, -0.25) is 29.1 Å². The number of ketones is 1. The number of aromatic amines is 1. The van der Waals surface area contributed by atoms with E-state index in [9.17, 15) is 33.9 Å². The number of hydrogen-bond donors (Lipinski definition) is 3. The zero-order chi connectivity index (χ0) is 34.4. The number of rotatable bonds is 7. The van der Waals surface area contributed by atoms with Gasteiger partial charge in [0.2, 0.25) is 5.78 Å². The van der Waals surface area contributed by atoms with Crippen molar-refractivity contribution in [1.82, 2.24) is 9.78 Å². The number of H-pyrrole nitrogens is 1. The Hall–Kier alpha value is -5.69. The molecule has 15 heteroatoms. The molecule has 1 aliphatic carbocycles. The molecule has 1 aliphatic heterocycles. The molecule has 240 valence electrons. The van der Waals surface area contributed by atoms with E-state index in [1.807, 2.05) is 0 Å². The summed E-state index contributed by atoms with van der Waals surface area (Å²) in [5, 5.41) is 15.0. The Labute approximate surface area is 285 Å². The van der Waals surface area contributed by atoms with Gasteiger partial charge in [-0.25, -0.2) is 14.4 Å². The quantitative estimate of drug-likeness (QED) is 0.199. The fraction of sp³-hybridized carbons (Fsp3) is 0.0303. The summed E-state index contributed by atoms with van der Waals surface area (Å²) in [6.07, 6.45) is 5.54. The van der Waals surface area contributed by atoms with Crippen LogP contribution in [0, 0.1) is 0 Å². The number of aromatic nitrogens is 2. The predicted molar refractivity (Wildman–Crippen MR) is 178 cm³/mol. The van der Waals surface area contributed by atoms with Crippen molar-refractivity contribution in [3.63, 3.8) is 0 Å². The molecule has 48 heavy (non-hydrogen) atoms. The fourth-order valence-electron chi connectivity index (χ4n) is 5.11. The number of halogens is 3. The largest absolute Gasteiger partial charge is 0.493 e. The number of anilines is 2. The van der Waals surface area contributed by atoms with E-state index in [4.69, 9.17) is 39.5 Å². The van der Waals surface area contributed by atoms with Crippen molar-refractivity contribution in [2.75, 3.05) is 17.3 Å². The number of amides is 3. The summed E-state index contributed by atoms with van der Waals surface area (Å²) in [7, 11) is 1.32. The minimum Gasteiger partial charge on any atom is -0.493 e. The molecule has 4 aromatic rings. The first-order valence-corrected chi connectivity index (χ1v) is 14.9. The first kappa shape index (κ1) is 32.3. The molecule has 12 nitrogen and oxygen atoms in total. The molecule has 2 heterocycles. The maximum atomic E-state index is 13.8. The summed E-state index contributed by atoms with van der Waals surface area (Å²) < 4.78 is 6.13. The topological polar surface area (TPSA) is 168 Å². The summed E-state index contributed by atoms with van der Waals surface area (Å²) in [4.78, 5) is 78.1. The maximum Gasteiger partial charge on any atom is 0.335 e. The second kappa shape index (κ2) is 12.5. The standard InChI is InChI=1S/C33H19Cl3N4O8/c1-48-26-10-15(5-8-25(26)41)9-22-28(38-40(32(22)45)27-23(35)13-18(34)14-24(27)36)37-29(42)16-3-2-4-19(11-16)39-30(43)20-7-6-17(33(46)47)12-21(20)31(39)44/h2-14,38H,1H3,(H,37,42)(H,46,47). The van der Waals surface area contributed by atoms with Crippen LogP contribution in [0.1, 0.15) is 47.0 Å². The van der Waals surface area contributed by atoms with Crippen molar-refractivity contribution in [2.45, 2.75) is 0 Å². The maximum absolute atomic E-state index is 13.8. The second-order valence-corrected chi connectivity index (χ2v) is 11.6. The highest BCUT2D eigenvalue weighted by Crippen LogP contribution is 2.33. The molecule has 2 aliphatic rings. The number of carbonyl (C=O) groups excluding carboxylic acids is 4. The molecule has 0 bridgehead atoms. The number of carboxylic acid groups (broad SMARTS) is 1. The Balaban J connectivity index is 1.39. The first-order chi connectivity index (χ1) is 22.9. The third kappa shape index (κ3) is 5.72. The Kier molecular flexibility index (Phi) is 8.39. The molecular formula is C33H19Cl3N4O8. The molecule has 6 rings (SSSR count). The van der Waals surface area contributed by atoms with Crippen molar-refractivity contribution in [2.24, 2.45) is 0 Å². The lowest BCUT2D eigenvalue weighted by atomic mass is 10.0. The lowest BCUT2D eigenvalue weighted by Gasteiger charge is -2.15. The Bertz CT molecular complexity index is 2260. The third-order valence-corrected chi connectivity index (χ3v) is 8.16. The third-order valence-electron chi connectivity index (χ3n) is 7.37. The van der Waals surface area contributed by atoms with Crippen LogP contribution in [0.2, 0.25) is 15.1 Å². The van der Waals surface area contributed by atoms with Crippen LogP contribution in [-0.4, -0.2) is 51.5 Å². The SMILES string of the molecule is COC1=CC(=Cc2c(NC(=O)c3cccc(N4C(=O)c5ccc(C(=O)O)cc5C4=O)c3)[nH]n(-c3c(Cl)cc(Cl)cc3Cl)c2=O)C=CC1=O. The molecule has 0 atom stereocenters. The number of nitrogens with one attached hydrogen (secondary N) is 2. The average Bonchev–Trinajstić information content (AvgIpc) is 3.48. The second-order valence-electron chi connectivity index (χ2n) is 10.3. The zero-order valence-electron chi connectivity index (χ0n) is 24.3. The van der Waals surface area contributed by atoms with Gasteiger partial charge in [-0.1, -0.05) is 46.9 Å². The van der Waals surface area contributed by atoms with Gasteiger partial charge in [0, 0.05) is 10.6 Å². The average molecular weight is 706 g/mol. The van der Waals surface area contributed by atoms with E-state index < -0.39 is 29.3 Å². The molecule has 0 unspecified atom stereocenters. The highest BCUT2D eigenvalue weighted by Gasteiger charge is 2.37. The molecule has 0 saturated heterocycles. The lowest BCUT2D eigenvalue weighted by molar-refractivity contribution is -0.114. The van der Waals surface area contributed by atoms with Gasteiger partial charge in [0.25, 0.3) is 23.3 Å². The van der Waals surface area contributed by atoms with Gasteiger partial charge in [-0.15, -0.1) is 0 Å². The van der Waals surface area contributed by atoms with Crippen LogP contribution in [0.5, 0.6) is 0 Å². The first-order valence-electron chi connectivity index (χ1n) is 13.7. The molecule has 0 radical (unpaired) electrons. The van der Waals surface area contributed by atoms with Crippen molar-refractivity contribution in [3.05, 3.63) is 137 Å². The predicted octanol–water partition coefficient (Wildman–Crippen LogP) is 5.93. The lowest BCUT2D eigenvalue weighted by Crippen LogP contribution is -2.29. The molecule has 0 saturated carbocycles. The van der Waals surface area contributed by atoms with Crippen LogP contribution in [-0.2, 0) is 9.53 Å². The van der Waals surface area contributed by atoms with Gasteiger partial charge in [-0.05, 0) is 72.3 Å². The number of fused-ring (bicyclic) bond motifs is 1. The normalized spacial score (nSPS) is 14.8.